The summed E-state index contributed by atoms with van der Waals surface area (Å²) in [7, 11) is 0. The van der Waals surface area contributed by atoms with E-state index in [1.54, 1.807) is 11.3 Å². The fourth-order valence-electron chi connectivity index (χ4n) is 1.86. The molecule has 1 aliphatic carbocycles. The van der Waals surface area contributed by atoms with E-state index in [-0.39, 0.29) is 0 Å². The Morgan fingerprint density at radius 2 is 2.43 bits per heavy atom. The summed E-state index contributed by atoms with van der Waals surface area (Å²) in [6.45, 7) is 3.52. The first-order valence-corrected chi connectivity index (χ1v) is 6.53. The number of hydrogen-bond donors (Lipinski definition) is 1. The lowest BCUT2D eigenvalue weighted by Crippen LogP contribution is -2.38. The number of nitrogens with one attached hydrogen (secondary N) is 1. The lowest BCUT2D eigenvalue weighted by Gasteiger charge is -2.28. The number of hydrogen-bond acceptors (Lipinski definition) is 2. The molecule has 14 heavy (non-hydrogen) atoms. The van der Waals surface area contributed by atoms with E-state index in [4.69, 9.17) is 0 Å². The second kappa shape index (κ2) is 4.94. The Labute approximate surface area is 90.5 Å². The molecule has 0 aromatic carbocycles. The van der Waals surface area contributed by atoms with Gasteiger partial charge >= 0.3 is 0 Å². The van der Waals surface area contributed by atoms with Crippen molar-refractivity contribution < 1.29 is 0 Å². The zero-order chi connectivity index (χ0) is 9.80. The highest BCUT2D eigenvalue weighted by Gasteiger charge is 2.17. The minimum atomic E-state index is 0.769. The van der Waals surface area contributed by atoms with Crippen LogP contribution in [0.15, 0.2) is 16.8 Å². The van der Waals surface area contributed by atoms with Crippen LogP contribution in [-0.4, -0.2) is 12.6 Å². The molecule has 0 saturated heterocycles. The van der Waals surface area contributed by atoms with Crippen molar-refractivity contribution >= 4 is 11.3 Å². The van der Waals surface area contributed by atoms with Gasteiger partial charge in [-0.2, -0.15) is 11.3 Å². The largest absolute Gasteiger partial charge is 0.314 e. The molecule has 1 unspecified atom stereocenters. The summed E-state index contributed by atoms with van der Waals surface area (Å²) in [6.07, 6.45) is 5.44. The SMILES string of the molecule is CC(CNC1CCC1)Cc1ccsc1. The van der Waals surface area contributed by atoms with Gasteiger partial charge in [0, 0.05) is 6.04 Å². The lowest BCUT2D eigenvalue weighted by molar-refractivity contribution is 0.320. The molecular weight excluding hydrogens is 190 g/mol. The molecule has 0 bridgehead atoms. The second-order valence-corrected chi connectivity index (χ2v) is 5.26. The molecule has 0 radical (unpaired) electrons. The van der Waals surface area contributed by atoms with E-state index in [0.29, 0.717) is 0 Å². The Morgan fingerprint density at radius 1 is 1.57 bits per heavy atom. The van der Waals surface area contributed by atoms with E-state index in [0.717, 1.165) is 12.0 Å². The van der Waals surface area contributed by atoms with E-state index in [1.165, 1.54) is 37.8 Å². The fourth-order valence-corrected chi connectivity index (χ4v) is 2.55. The lowest BCUT2D eigenvalue weighted by atomic mass is 9.92. The molecular formula is C12H19NS. The van der Waals surface area contributed by atoms with Gasteiger partial charge in [0.15, 0.2) is 0 Å². The van der Waals surface area contributed by atoms with Crippen LogP contribution < -0.4 is 5.32 Å². The summed E-state index contributed by atoms with van der Waals surface area (Å²) in [4.78, 5) is 0. The Bertz CT molecular complexity index is 251. The maximum atomic E-state index is 3.63. The monoisotopic (exact) mass is 209 g/mol. The molecule has 1 fully saturated rings. The summed E-state index contributed by atoms with van der Waals surface area (Å²) in [5.74, 6) is 0.769. The molecule has 1 aliphatic rings. The van der Waals surface area contributed by atoms with Gasteiger partial charge in [0.1, 0.15) is 0 Å². The molecule has 0 amide bonds. The molecule has 1 nitrogen and oxygen atoms in total. The Balaban J connectivity index is 1.65. The molecule has 1 atom stereocenters. The van der Waals surface area contributed by atoms with Gasteiger partial charge in [0.05, 0.1) is 0 Å². The first kappa shape index (κ1) is 10.2. The molecule has 1 N–H and O–H groups in total. The maximum Gasteiger partial charge on any atom is 0.00671 e. The summed E-state index contributed by atoms with van der Waals surface area (Å²) in [5.41, 5.74) is 1.50. The predicted octanol–water partition coefficient (Wildman–Crippen LogP) is 3.07. The van der Waals surface area contributed by atoms with E-state index >= 15 is 0 Å². The third-order valence-corrected chi connectivity index (χ3v) is 3.76. The summed E-state index contributed by atoms with van der Waals surface area (Å²) in [6, 6.07) is 3.07. The van der Waals surface area contributed by atoms with Crippen molar-refractivity contribution in [2.24, 2.45) is 5.92 Å². The highest BCUT2D eigenvalue weighted by molar-refractivity contribution is 7.07. The van der Waals surface area contributed by atoms with Crippen molar-refractivity contribution in [3.05, 3.63) is 22.4 Å². The average Bonchev–Trinajstić information content (AvgIpc) is 2.54. The predicted molar refractivity (Wildman–Crippen MR) is 62.8 cm³/mol. The van der Waals surface area contributed by atoms with Crippen molar-refractivity contribution in [1.82, 2.24) is 5.32 Å². The van der Waals surface area contributed by atoms with Gasteiger partial charge in [-0.15, -0.1) is 0 Å². The van der Waals surface area contributed by atoms with Crippen LogP contribution in [0.3, 0.4) is 0 Å². The number of thiophene rings is 1. The van der Waals surface area contributed by atoms with Crippen LogP contribution in [-0.2, 0) is 6.42 Å². The van der Waals surface area contributed by atoms with Crippen molar-refractivity contribution in [2.75, 3.05) is 6.54 Å². The van der Waals surface area contributed by atoms with Gasteiger partial charge < -0.3 is 5.32 Å². The topological polar surface area (TPSA) is 12.0 Å². The molecule has 0 spiro atoms. The zero-order valence-electron chi connectivity index (χ0n) is 8.83. The Morgan fingerprint density at radius 3 is 3.00 bits per heavy atom. The molecule has 78 valence electrons. The van der Waals surface area contributed by atoms with Crippen LogP contribution in [0.5, 0.6) is 0 Å². The molecule has 1 aromatic rings. The normalized spacial score (nSPS) is 19.2. The standard InChI is InChI=1S/C12H19NS/c1-10(7-11-5-6-14-9-11)8-13-12-3-2-4-12/h5-6,9-10,12-13H,2-4,7-8H2,1H3. The van der Waals surface area contributed by atoms with E-state index in [9.17, 15) is 0 Å². The Kier molecular flexibility index (Phi) is 3.60. The highest BCUT2D eigenvalue weighted by Crippen LogP contribution is 2.18. The zero-order valence-corrected chi connectivity index (χ0v) is 9.65. The van der Waals surface area contributed by atoms with E-state index < -0.39 is 0 Å². The average molecular weight is 209 g/mol. The van der Waals surface area contributed by atoms with Crippen LogP contribution in [0.1, 0.15) is 31.7 Å². The Hall–Kier alpha value is -0.340. The van der Waals surface area contributed by atoms with Gasteiger partial charge in [0.25, 0.3) is 0 Å². The van der Waals surface area contributed by atoms with Gasteiger partial charge in [-0.1, -0.05) is 13.3 Å². The van der Waals surface area contributed by atoms with Gasteiger partial charge in [-0.05, 0) is 54.1 Å². The van der Waals surface area contributed by atoms with Crippen LogP contribution in [0, 0.1) is 5.92 Å². The van der Waals surface area contributed by atoms with Gasteiger partial charge in [-0.3, -0.25) is 0 Å². The van der Waals surface area contributed by atoms with Gasteiger partial charge in [-0.25, -0.2) is 0 Å². The summed E-state index contributed by atoms with van der Waals surface area (Å²) in [5, 5.41) is 8.07. The van der Waals surface area contributed by atoms with Crippen LogP contribution in [0.25, 0.3) is 0 Å². The summed E-state index contributed by atoms with van der Waals surface area (Å²) >= 11 is 1.80. The van der Waals surface area contributed by atoms with Crippen LogP contribution >= 0.6 is 11.3 Å². The first-order chi connectivity index (χ1) is 6.84. The van der Waals surface area contributed by atoms with E-state index in [2.05, 4.69) is 29.1 Å². The molecule has 0 aliphatic heterocycles. The molecule has 1 aromatic heterocycles. The van der Waals surface area contributed by atoms with Crippen molar-refractivity contribution in [3.8, 4) is 0 Å². The van der Waals surface area contributed by atoms with Crippen molar-refractivity contribution in [1.29, 1.82) is 0 Å². The van der Waals surface area contributed by atoms with Gasteiger partial charge in [0.2, 0.25) is 0 Å². The summed E-state index contributed by atoms with van der Waals surface area (Å²) < 4.78 is 0. The third kappa shape index (κ3) is 2.82. The van der Waals surface area contributed by atoms with Crippen LogP contribution in [0.2, 0.25) is 0 Å². The minimum absolute atomic E-state index is 0.769. The molecule has 1 heterocycles. The molecule has 1 saturated carbocycles. The molecule has 2 rings (SSSR count). The smallest absolute Gasteiger partial charge is 0.00671 e. The van der Waals surface area contributed by atoms with Crippen LogP contribution in [0.4, 0.5) is 0 Å². The molecule has 2 heteroatoms. The van der Waals surface area contributed by atoms with Crippen molar-refractivity contribution in [3.63, 3.8) is 0 Å². The van der Waals surface area contributed by atoms with Crippen molar-refractivity contribution in [2.45, 2.75) is 38.6 Å². The quantitative estimate of drug-likeness (QED) is 0.786. The third-order valence-electron chi connectivity index (χ3n) is 3.02. The fraction of sp³-hybridized carbons (Fsp3) is 0.667. The minimum Gasteiger partial charge on any atom is -0.314 e. The highest BCUT2D eigenvalue weighted by atomic mass is 32.1. The number of rotatable bonds is 5. The van der Waals surface area contributed by atoms with E-state index in [1.807, 2.05) is 0 Å². The maximum absolute atomic E-state index is 3.63. The first-order valence-electron chi connectivity index (χ1n) is 5.59. The second-order valence-electron chi connectivity index (χ2n) is 4.48.